The molecule has 82 valence electrons. The SMILES string of the molecule is CC(C)(C)[Si](C)(C)OC1C=C[C@@H](N)C1. The molecule has 0 saturated carbocycles. The molecule has 1 aliphatic rings. The normalized spacial score (nSPS) is 28.4. The first-order valence-corrected chi connectivity index (χ1v) is 8.25. The zero-order valence-electron chi connectivity index (χ0n) is 10.0. The number of hydrogen-bond donors (Lipinski definition) is 1. The maximum atomic E-state index is 6.21. The predicted octanol–water partition coefficient (Wildman–Crippen LogP) is 2.66. The highest BCUT2D eigenvalue weighted by molar-refractivity contribution is 6.74. The lowest BCUT2D eigenvalue weighted by molar-refractivity contribution is 0.220. The summed E-state index contributed by atoms with van der Waals surface area (Å²) >= 11 is 0. The summed E-state index contributed by atoms with van der Waals surface area (Å²) < 4.78 is 6.21. The maximum Gasteiger partial charge on any atom is 0.192 e. The highest BCUT2D eigenvalue weighted by Crippen LogP contribution is 2.38. The highest BCUT2D eigenvalue weighted by Gasteiger charge is 2.39. The van der Waals surface area contributed by atoms with E-state index in [2.05, 4.69) is 46.0 Å². The zero-order valence-corrected chi connectivity index (χ0v) is 11.0. The third-order valence-corrected chi connectivity index (χ3v) is 7.83. The fraction of sp³-hybridized carbons (Fsp3) is 0.818. The Morgan fingerprint density at radius 3 is 2.21 bits per heavy atom. The second-order valence-corrected chi connectivity index (χ2v) is 10.5. The van der Waals surface area contributed by atoms with Gasteiger partial charge in [0.1, 0.15) is 0 Å². The first-order chi connectivity index (χ1) is 6.22. The van der Waals surface area contributed by atoms with Gasteiger partial charge in [0.25, 0.3) is 0 Å². The molecule has 0 aromatic heterocycles. The Balaban J connectivity index is 2.56. The lowest BCUT2D eigenvalue weighted by Crippen LogP contribution is -2.43. The van der Waals surface area contributed by atoms with Crippen molar-refractivity contribution < 1.29 is 4.43 Å². The molecule has 0 saturated heterocycles. The topological polar surface area (TPSA) is 35.2 Å². The first-order valence-electron chi connectivity index (χ1n) is 5.34. The second-order valence-electron chi connectivity index (χ2n) is 5.70. The predicted molar refractivity (Wildman–Crippen MR) is 63.8 cm³/mol. The van der Waals surface area contributed by atoms with E-state index in [1.165, 1.54) is 0 Å². The van der Waals surface area contributed by atoms with Gasteiger partial charge < -0.3 is 10.2 Å². The summed E-state index contributed by atoms with van der Waals surface area (Å²) in [6.07, 6.45) is 5.38. The van der Waals surface area contributed by atoms with Crippen LogP contribution < -0.4 is 5.73 Å². The molecule has 0 aromatic rings. The Hall–Kier alpha value is -0.123. The van der Waals surface area contributed by atoms with Crippen molar-refractivity contribution in [2.45, 2.75) is 57.5 Å². The molecule has 2 nitrogen and oxygen atoms in total. The van der Waals surface area contributed by atoms with Crippen molar-refractivity contribution in [1.82, 2.24) is 0 Å². The average molecular weight is 213 g/mol. The van der Waals surface area contributed by atoms with Crippen molar-refractivity contribution >= 4 is 8.32 Å². The third kappa shape index (κ3) is 2.68. The molecule has 1 aliphatic carbocycles. The van der Waals surface area contributed by atoms with Crippen LogP contribution in [0.2, 0.25) is 18.1 Å². The van der Waals surface area contributed by atoms with Crippen molar-refractivity contribution in [2.75, 3.05) is 0 Å². The van der Waals surface area contributed by atoms with Gasteiger partial charge in [-0.1, -0.05) is 32.9 Å². The van der Waals surface area contributed by atoms with Crippen molar-refractivity contribution in [3.8, 4) is 0 Å². The van der Waals surface area contributed by atoms with E-state index in [9.17, 15) is 0 Å². The highest BCUT2D eigenvalue weighted by atomic mass is 28.4. The van der Waals surface area contributed by atoms with E-state index in [-0.39, 0.29) is 17.2 Å². The Bertz CT molecular complexity index is 230. The molecule has 0 radical (unpaired) electrons. The van der Waals surface area contributed by atoms with Gasteiger partial charge in [0.2, 0.25) is 0 Å². The molecule has 14 heavy (non-hydrogen) atoms. The maximum absolute atomic E-state index is 6.21. The summed E-state index contributed by atoms with van der Waals surface area (Å²) in [4.78, 5) is 0. The molecule has 2 N–H and O–H groups in total. The first kappa shape index (κ1) is 11.9. The van der Waals surface area contributed by atoms with E-state index in [0.29, 0.717) is 0 Å². The van der Waals surface area contributed by atoms with Crippen molar-refractivity contribution in [2.24, 2.45) is 5.73 Å². The molecule has 0 bridgehead atoms. The van der Waals surface area contributed by atoms with Crippen LogP contribution in [0.25, 0.3) is 0 Å². The van der Waals surface area contributed by atoms with Gasteiger partial charge in [0.05, 0.1) is 6.10 Å². The van der Waals surface area contributed by atoms with Crippen LogP contribution in [0, 0.1) is 0 Å². The summed E-state index contributed by atoms with van der Waals surface area (Å²) in [5.74, 6) is 0. The minimum Gasteiger partial charge on any atom is -0.410 e. The molecule has 0 amide bonds. The van der Waals surface area contributed by atoms with Crippen LogP contribution in [0.5, 0.6) is 0 Å². The van der Waals surface area contributed by atoms with E-state index < -0.39 is 8.32 Å². The number of hydrogen-bond acceptors (Lipinski definition) is 2. The molecule has 1 unspecified atom stereocenters. The van der Waals surface area contributed by atoms with Gasteiger partial charge in [-0.15, -0.1) is 0 Å². The van der Waals surface area contributed by atoms with Gasteiger partial charge in [-0.3, -0.25) is 0 Å². The van der Waals surface area contributed by atoms with E-state index in [0.717, 1.165) is 6.42 Å². The van der Waals surface area contributed by atoms with Crippen LogP contribution >= 0.6 is 0 Å². The van der Waals surface area contributed by atoms with Crippen LogP contribution in [0.15, 0.2) is 12.2 Å². The fourth-order valence-electron chi connectivity index (χ4n) is 1.33. The smallest absolute Gasteiger partial charge is 0.192 e. The van der Waals surface area contributed by atoms with E-state index in [4.69, 9.17) is 10.2 Å². The van der Waals surface area contributed by atoms with Crippen LogP contribution in [0.4, 0.5) is 0 Å². The Labute approximate surface area is 88.7 Å². The number of rotatable bonds is 2. The summed E-state index contributed by atoms with van der Waals surface area (Å²) in [5.41, 5.74) is 5.80. The van der Waals surface area contributed by atoms with Gasteiger partial charge in [0.15, 0.2) is 8.32 Å². The van der Waals surface area contributed by atoms with Crippen LogP contribution in [0.1, 0.15) is 27.2 Å². The minimum absolute atomic E-state index is 0.199. The third-order valence-electron chi connectivity index (χ3n) is 3.33. The van der Waals surface area contributed by atoms with Crippen molar-refractivity contribution in [1.29, 1.82) is 0 Å². The molecule has 2 atom stereocenters. The molecule has 0 heterocycles. The van der Waals surface area contributed by atoms with E-state index >= 15 is 0 Å². The van der Waals surface area contributed by atoms with Crippen molar-refractivity contribution in [3.05, 3.63) is 12.2 Å². The largest absolute Gasteiger partial charge is 0.410 e. The molecule has 0 aromatic carbocycles. The van der Waals surface area contributed by atoms with Gasteiger partial charge >= 0.3 is 0 Å². The summed E-state index contributed by atoms with van der Waals surface area (Å²) in [5, 5.41) is 0.285. The summed E-state index contributed by atoms with van der Waals surface area (Å²) in [6.45, 7) is 11.4. The van der Waals surface area contributed by atoms with Gasteiger partial charge in [-0.05, 0) is 24.6 Å². The molecular weight excluding hydrogens is 190 g/mol. The second kappa shape index (κ2) is 3.80. The Morgan fingerprint density at radius 2 is 1.86 bits per heavy atom. The Morgan fingerprint density at radius 1 is 1.29 bits per heavy atom. The standard InChI is InChI=1S/C11H23NOSi/c1-11(2,3)14(4,5)13-10-7-6-9(12)8-10/h6-7,9-10H,8,12H2,1-5H3/t9-,10?/m1/s1. The monoisotopic (exact) mass is 213 g/mol. The molecule has 1 rings (SSSR count). The van der Waals surface area contributed by atoms with E-state index in [1.54, 1.807) is 0 Å². The molecular formula is C11H23NOSi. The van der Waals surface area contributed by atoms with Gasteiger partial charge in [-0.2, -0.15) is 0 Å². The van der Waals surface area contributed by atoms with E-state index in [1.807, 2.05) is 0 Å². The fourth-order valence-corrected chi connectivity index (χ4v) is 2.62. The van der Waals surface area contributed by atoms with Crippen LogP contribution in [0.3, 0.4) is 0 Å². The quantitative estimate of drug-likeness (QED) is 0.565. The Kier molecular flexibility index (Phi) is 3.24. The zero-order chi connectivity index (χ0) is 11.0. The molecule has 0 aliphatic heterocycles. The average Bonchev–Trinajstić information content (AvgIpc) is 2.31. The number of nitrogens with two attached hydrogens (primary N) is 1. The molecule has 0 fully saturated rings. The minimum atomic E-state index is -1.61. The van der Waals surface area contributed by atoms with Crippen molar-refractivity contribution in [3.63, 3.8) is 0 Å². The molecule has 0 spiro atoms. The van der Waals surface area contributed by atoms with Gasteiger partial charge in [-0.25, -0.2) is 0 Å². The summed E-state index contributed by atoms with van der Waals surface area (Å²) in [6, 6.07) is 0.199. The van der Waals surface area contributed by atoms with Crippen LogP contribution in [-0.4, -0.2) is 20.5 Å². The van der Waals surface area contributed by atoms with Crippen LogP contribution in [-0.2, 0) is 4.43 Å². The van der Waals surface area contributed by atoms with Gasteiger partial charge in [0, 0.05) is 6.04 Å². The molecule has 3 heteroatoms. The summed E-state index contributed by atoms with van der Waals surface area (Å²) in [7, 11) is -1.61. The lowest BCUT2D eigenvalue weighted by Gasteiger charge is -2.38. The lowest BCUT2D eigenvalue weighted by atomic mass is 10.2.